The summed E-state index contributed by atoms with van der Waals surface area (Å²) in [5.74, 6) is 0.818. The lowest BCUT2D eigenvalue weighted by Crippen LogP contribution is -2.36. The van der Waals surface area contributed by atoms with E-state index in [1.807, 2.05) is 29.2 Å². The van der Waals surface area contributed by atoms with E-state index in [-0.39, 0.29) is 0 Å². The number of alkyl halides is 1. The van der Waals surface area contributed by atoms with E-state index in [0.717, 1.165) is 30.7 Å². The first-order chi connectivity index (χ1) is 8.20. The maximum atomic E-state index is 14.1. The van der Waals surface area contributed by atoms with Gasteiger partial charge < -0.3 is 4.74 Å². The summed E-state index contributed by atoms with van der Waals surface area (Å²) in [5.41, 5.74) is 1.03. The molecule has 2 atom stereocenters. The number of likely N-dealkylation sites (tertiary alicyclic amines) is 1. The average Bonchev–Trinajstić information content (AvgIpc) is 2.76. The molecule has 0 N–H and O–H groups in total. The number of hydrogen-bond donors (Lipinski definition) is 0. The van der Waals surface area contributed by atoms with Crippen molar-refractivity contribution >= 4 is 0 Å². The second-order valence-corrected chi connectivity index (χ2v) is 4.72. The molecule has 1 saturated heterocycles. The second kappa shape index (κ2) is 5.50. The van der Waals surface area contributed by atoms with Crippen LogP contribution in [0, 0.1) is 0 Å². The monoisotopic (exact) mass is 237 g/mol. The lowest BCUT2D eigenvalue weighted by Gasteiger charge is -2.25. The molecule has 1 heterocycles. The van der Waals surface area contributed by atoms with E-state index in [0.29, 0.717) is 12.5 Å². The molecule has 0 saturated carbocycles. The van der Waals surface area contributed by atoms with Gasteiger partial charge in [0, 0.05) is 19.0 Å². The smallest absolute Gasteiger partial charge is 0.157 e. The minimum absolute atomic E-state index is 0.378. The third kappa shape index (κ3) is 2.97. The maximum Gasteiger partial charge on any atom is 0.157 e. The summed E-state index contributed by atoms with van der Waals surface area (Å²) < 4.78 is 19.2. The van der Waals surface area contributed by atoms with Gasteiger partial charge in [0.05, 0.1) is 7.11 Å². The Labute approximate surface area is 102 Å². The largest absolute Gasteiger partial charge is 0.497 e. The highest BCUT2D eigenvalue weighted by molar-refractivity contribution is 5.27. The summed E-state index contributed by atoms with van der Waals surface area (Å²) in [6.07, 6.45) is 1.84. The van der Waals surface area contributed by atoms with Crippen molar-refractivity contribution in [1.82, 2.24) is 4.90 Å². The second-order valence-electron chi connectivity index (χ2n) is 4.72. The Morgan fingerprint density at radius 3 is 2.65 bits per heavy atom. The van der Waals surface area contributed by atoms with Crippen LogP contribution in [0.4, 0.5) is 4.39 Å². The van der Waals surface area contributed by atoms with E-state index < -0.39 is 6.30 Å². The predicted octanol–water partition coefficient (Wildman–Crippen LogP) is 3.02. The van der Waals surface area contributed by atoms with Crippen molar-refractivity contribution in [1.29, 1.82) is 0 Å². The van der Waals surface area contributed by atoms with Crippen molar-refractivity contribution in [2.75, 3.05) is 13.7 Å². The number of methoxy groups -OCH3 is 1. The molecule has 0 radical (unpaired) electrons. The van der Waals surface area contributed by atoms with Crippen LogP contribution in [-0.2, 0) is 6.42 Å². The van der Waals surface area contributed by atoms with Gasteiger partial charge in [-0.2, -0.15) is 0 Å². The quantitative estimate of drug-likeness (QED) is 0.746. The van der Waals surface area contributed by atoms with Crippen LogP contribution in [0.2, 0.25) is 0 Å². The van der Waals surface area contributed by atoms with Gasteiger partial charge in [-0.1, -0.05) is 12.1 Å². The van der Waals surface area contributed by atoms with Crippen molar-refractivity contribution in [3.8, 4) is 5.75 Å². The van der Waals surface area contributed by atoms with Crippen molar-refractivity contribution in [3.63, 3.8) is 0 Å². The fraction of sp³-hybridized carbons (Fsp3) is 0.571. The molecule has 0 aromatic heterocycles. The molecule has 0 spiro atoms. The van der Waals surface area contributed by atoms with Gasteiger partial charge in [-0.05, 0) is 37.5 Å². The SMILES string of the molecule is COc1ccc(CC(F)N2CCC[C@H]2C)cc1. The van der Waals surface area contributed by atoms with Gasteiger partial charge in [0.2, 0.25) is 0 Å². The Balaban J connectivity index is 1.95. The molecule has 0 aliphatic carbocycles. The Bertz CT molecular complexity index is 352. The van der Waals surface area contributed by atoms with Gasteiger partial charge in [-0.3, -0.25) is 4.90 Å². The maximum absolute atomic E-state index is 14.1. The molecule has 0 bridgehead atoms. The zero-order valence-corrected chi connectivity index (χ0v) is 10.5. The first-order valence-corrected chi connectivity index (χ1v) is 6.23. The lowest BCUT2D eigenvalue weighted by molar-refractivity contribution is 0.0769. The summed E-state index contributed by atoms with van der Waals surface area (Å²) in [4.78, 5) is 1.96. The molecule has 1 unspecified atom stereocenters. The fourth-order valence-corrected chi connectivity index (χ4v) is 2.45. The van der Waals surface area contributed by atoms with E-state index >= 15 is 0 Å². The zero-order chi connectivity index (χ0) is 12.3. The van der Waals surface area contributed by atoms with E-state index in [1.54, 1.807) is 7.11 Å². The third-order valence-corrected chi connectivity index (χ3v) is 3.53. The number of hydrogen-bond acceptors (Lipinski definition) is 2. The minimum Gasteiger partial charge on any atom is -0.497 e. The molecule has 1 aromatic carbocycles. The topological polar surface area (TPSA) is 12.5 Å². The van der Waals surface area contributed by atoms with Gasteiger partial charge in [-0.25, -0.2) is 4.39 Å². The van der Waals surface area contributed by atoms with E-state index in [2.05, 4.69) is 6.92 Å². The number of nitrogens with zero attached hydrogens (tertiary/aromatic N) is 1. The Morgan fingerprint density at radius 2 is 2.12 bits per heavy atom. The van der Waals surface area contributed by atoms with Crippen molar-refractivity contribution < 1.29 is 9.13 Å². The van der Waals surface area contributed by atoms with Crippen LogP contribution in [-0.4, -0.2) is 30.9 Å². The fourth-order valence-electron chi connectivity index (χ4n) is 2.45. The molecule has 1 aliphatic heterocycles. The van der Waals surface area contributed by atoms with Crippen molar-refractivity contribution in [3.05, 3.63) is 29.8 Å². The highest BCUT2D eigenvalue weighted by atomic mass is 19.1. The van der Waals surface area contributed by atoms with Gasteiger partial charge in [0.15, 0.2) is 6.30 Å². The first kappa shape index (κ1) is 12.4. The van der Waals surface area contributed by atoms with Crippen LogP contribution in [0.15, 0.2) is 24.3 Å². The molecule has 0 amide bonds. The lowest BCUT2D eigenvalue weighted by atomic mass is 10.1. The normalized spacial score (nSPS) is 22.6. The number of ether oxygens (including phenoxy) is 1. The van der Waals surface area contributed by atoms with Crippen LogP contribution >= 0.6 is 0 Å². The summed E-state index contributed by atoms with van der Waals surface area (Å²) >= 11 is 0. The molecule has 2 rings (SSSR count). The third-order valence-electron chi connectivity index (χ3n) is 3.53. The molecule has 3 heteroatoms. The molecule has 1 aliphatic rings. The van der Waals surface area contributed by atoms with Crippen molar-refractivity contribution in [2.45, 2.75) is 38.5 Å². The highest BCUT2D eigenvalue weighted by Crippen LogP contribution is 2.23. The van der Waals surface area contributed by atoms with Crippen LogP contribution < -0.4 is 4.74 Å². The molecule has 2 nitrogen and oxygen atoms in total. The molecule has 17 heavy (non-hydrogen) atoms. The predicted molar refractivity (Wildman–Crippen MR) is 67.0 cm³/mol. The van der Waals surface area contributed by atoms with Gasteiger partial charge >= 0.3 is 0 Å². The Hall–Kier alpha value is -1.09. The zero-order valence-electron chi connectivity index (χ0n) is 10.5. The number of rotatable bonds is 4. The van der Waals surface area contributed by atoms with Crippen LogP contribution in [0.25, 0.3) is 0 Å². The summed E-state index contributed by atoms with van der Waals surface area (Å²) in [5, 5.41) is 0. The minimum atomic E-state index is -0.860. The molecule has 1 fully saturated rings. The molecule has 94 valence electrons. The molecular weight excluding hydrogens is 217 g/mol. The van der Waals surface area contributed by atoms with Gasteiger partial charge in [0.1, 0.15) is 5.75 Å². The van der Waals surface area contributed by atoms with E-state index in [1.165, 1.54) is 0 Å². The number of halogens is 1. The summed E-state index contributed by atoms with van der Waals surface area (Å²) in [6, 6.07) is 8.02. The van der Waals surface area contributed by atoms with Crippen LogP contribution in [0.1, 0.15) is 25.3 Å². The van der Waals surface area contributed by atoms with Gasteiger partial charge in [-0.15, -0.1) is 0 Å². The van der Waals surface area contributed by atoms with Crippen LogP contribution in [0.3, 0.4) is 0 Å². The Morgan fingerprint density at radius 1 is 1.41 bits per heavy atom. The van der Waals surface area contributed by atoms with Crippen molar-refractivity contribution in [2.24, 2.45) is 0 Å². The standard InChI is InChI=1S/C14H20FNO/c1-11-4-3-9-16(11)14(15)10-12-5-7-13(17-2)8-6-12/h5-8,11,14H,3-4,9-10H2,1-2H3/t11-,14?/m1/s1. The highest BCUT2D eigenvalue weighted by Gasteiger charge is 2.27. The number of benzene rings is 1. The molecular formula is C14H20FNO. The first-order valence-electron chi connectivity index (χ1n) is 6.23. The molecule has 1 aromatic rings. The summed E-state index contributed by atoms with van der Waals surface area (Å²) in [6.45, 7) is 2.99. The van der Waals surface area contributed by atoms with Gasteiger partial charge in [0.25, 0.3) is 0 Å². The van der Waals surface area contributed by atoms with E-state index in [9.17, 15) is 4.39 Å². The van der Waals surface area contributed by atoms with Crippen LogP contribution in [0.5, 0.6) is 5.75 Å². The average molecular weight is 237 g/mol. The Kier molecular flexibility index (Phi) is 4.00. The summed E-state index contributed by atoms with van der Waals surface area (Å²) in [7, 11) is 1.64. The van der Waals surface area contributed by atoms with E-state index in [4.69, 9.17) is 4.74 Å².